The first kappa shape index (κ1) is 17.2. The van der Waals surface area contributed by atoms with Crippen LogP contribution in [0, 0.1) is 0 Å². The predicted molar refractivity (Wildman–Crippen MR) is 90.3 cm³/mol. The number of piperidine rings is 1. The first-order chi connectivity index (χ1) is 11.4. The van der Waals surface area contributed by atoms with Crippen LogP contribution < -0.4 is 10.1 Å². The van der Waals surface area contributed by atoms with Crippen LogP contribution in [0.15, 0.2) is 29.2 Å². The quantitative estimate of drug-likeness (QED) is 0.902. The van der Waals surface area contributed by atoms with Crippen molar-refractivity contribution in [2.24, 2.45) is 0 Å². The number of sulfonamides is 1. The van der Waals surface area contributed by atoms with E-state index in [4.69, 9.17) is 4.74 Å². The van der Waals surface area contributed by atoms with Gasteiger partial charge in [-0.05, 0) is 44.7 Å². The summed E-state index contributed by atoms with van der Waals surface area (Å²) in [6.45, 7) is 2.45. The van der Waals surface area contributed by atoms with E-state index in [1.165, 1.54) is 7.11 Å². The van der Waals surface area contributed by atoms with Crippen LogP contribution in [-0.2, 0) is 14.8 Å². The van der Waals surface area contributed by atoms with Gasteiger partial charge in [0, 0.05) is 25.1 Å². The normalized spacial score (nSPS) is 28.6. The molecule has 6 nitrogen and oxygen atoms in total. The number of carbonyl (C=O) groups excluding carboxylic acids is 1. The third-order valence-electron chi connectivity index (χ3n) is 5.13. The van der Waals surface area contributed by atoms with E-state index in [0.29, 0.717) is 25.1 Å². The Bertz CT molecular complexity index is 734. The molecule has 0 aliphatic carbocycles. The van der Waals surface area contributed by atoms with Crippen LogP contribution in [-0.4, -0.2) is 43.9 Å². The lowest BCUT2D eigenvalue weighted by Crippen LogP contribution is -2.63. The molecule has 7 heteroatoms. The molecule has 0 radical (unpaired) electrons. The van der Waals surface area contributed by atoms with Gasteiger partial charge >= 0.3 is 0 Å². The minimum absolute atomic E-state index is 0.00868. The molecule has 24 heavy (non-hydrogen) atoms. The zero-order valence-corrected chi connectivity index (χ0v) is 14.9. The van der Waals surface area contributed by atoms with E-state index < -0.39 is 15.6 Å². The summed E-state index contributed by atoms with van der Waals surface area (Å²) in [5.74, 6) is 0.528. The number of hydrogen-bond acceptors (Lipinski definition) is 4. The molecule has 2 aliphatic rings. The Morgan fingerprint density at radius 3 is 2.88 bits per heavy atom. The van der Waals surface area contributed by atoms with Crippen molar-refractivity contribution < 1.29 is 17.9 Å². The molecule has 2 atom stereocenters. The Balaban J connectivity index is 2.00. The molecule has 0 spiro atoms. The topological polar surface area (TPSA) is 75.7 Å². The van der Waals surface area contributed by atoms with Crippen molar-refractivity contribution in [3.63, 3.8) is 0 Å². The van der Waals surface area contributed by atoms with Crippen LogP contribution in [0.25, 0.3) is 0 Å². The third kappa shape index (κ3) is 3.02. The number of nitrogens with one attached hydrogen (secondary N) is 1. The minimum Gasteiger partial charge on any atom is -0.497 e. The van der Waals surface area contributed by atoms with Crippen LogP contribution >= 0.6 is 0 Å². The number of carbonyl (C=O) groups is 1. The molecule has 2 saturated heterocycles. The van der Waals surface area contributed by atoms with Crippen LogP contribution in [0.5, 0.6) is 5.75 Å². The number of methoxy groups -OCH3 is 1. The third-order valence-corrected chi connectivity index (χ3v) is 7.03. The van der Waals surface area contributed by atoms with Crippen LogP contribution in [0.4, 0.5) is 0 Å². The maximum Gasteiger partial charge on any atom is 0.243 e. The smallest absolute Gasteiger partial charge is 0.243 e. The molecule has 1 aromatic rings. The van der Waals surface area contributed by atoms with Gasteiger partial charge in [0.15, 0.2) is 0 Å². The molecule has 1 aromatic carbocycles. The molecule has 0 unspecified atom stereocenters. The van der Waals surface area contributed by atoms with E-state index in [0.717, 1.165) is 19.3 Å². The molecule has 0 aromatic heterocycles. The maximum absolute atomic E-state index is 13.2. The second kappa shape index (κ2) is 6.37. The van der Waals surface area contributed by atoms with E-state index in [2.05, 4.69) is 5.32 Å². The Hall–Kier alpha value is -1.60. The lowest BCUT2D eigenvalue weighted by molar-refractivity contribution is -0.126. The van der Waals surface area contributed by atoms with Crippen LogP contribution in [0.2, 0.25) is 0 Å². The monoisotopic (exact) mass is 352 g/mol. The Kier molecular flexibility index (Phi) is 4.57. The lowest BCUT2D eigenvalue weighted by Gasteiger charge is -2.45. The number of benzene rings is 1. The molecule has 2 heterocycles. The number of nitrogens with zero attached hydrogens (tertiary/aromatic N) is 1. The molecule has 3 rings (SSSR count). The summed E-state index contributed by atoms with van der Waals surface area (Å²) in [5.41, 5.74) is -0.502. The lowest BCUT2D eigenvalue weighted by atomic mass is 9.82. The number of hydrogen-bond donors (Lipinski definition) is 1. The van der Waals surface area contributed by atoms with Crippen molar-refractivity contribution in [1.82, 2.24) is 9.62 Å². The summed E-state index contributed by atoms with van der Waals surface area (Å²) in [4.78, 5) is 12.1. The minimum atomic E-state index is -3.64. The van der Waals surface area contributed by atoms with Gasteiger partial charge in [-0.1, -0.05) is 6.07 Å². The number of fused-ring (bicyclic) bond motifs is 1. The zero-order valence-electron chi connectivity index (χ0n) is 14.1. The van der Waals surface area contributed by atoms with Crippen molar-refractivity contribution in [3.05, 3.63) is 24.3 Å². The largest absolute Gasteiger partial charge is 0.497 e. The highest BCUT2D eigenvalue weighted by Gasteiger charge is 2.47. The van der Waals surface area contributed by atoms with E-state index in [9.17, 15) is 13.2 Å². The van der Waals surface area contributed by atoms with E-state index in [1.807, 2.05) is 6.92 Å². The molecule has 1 amide bonds. The van der Waals surface area contributed by atoms with Crippen molar-refractivity contribution in [3.8, 4) is 5.75 Å². The first-order valence-corrected chi connectivity index (χ1v) is 9.78. The van der Waals surface area contributed by atoms with E-state index in [1.54, 1.807) is 28.6 Å². The highest BCUT2D eigenvalue weighted by molar-refractivity contribution is 7.89. The van der Waals surface area contributed by atoms with E-state index >= 15 is 0 Å². The SMILES string of the molecule is COc1cccc(S(=O)(=O)N2CCCC[C@]3(C)NC(=O)CC[C@H]23)c1. The van der Waals surface area contributed by atoms with Gasteiger partial charge in [0.1, 0.15) is 5.75 Å². The second-order valence-corrected chi connectivity index (χ2v) is 8.66. The summed E-state index contributed by atoms with van der Waals surface area (Å²) in [5, 5.41) is 3.04. The molecule has 0 saturated carbocycles. The van der Waals surface area contributed by atoms with Gasteiger partial charge in [-0.15, -0.1) is 0 Å². The fourth-order valence-electron chi connectivity index (χ4n) is 3.84. The van der Waals surface area contributed by atoms with Crippen molar-refractivity contribution in [2.45, 2.75) is 55.5 Å². The van der Waals surface area contributed by atoms with Crippen molar-refractivity contribution >= 4 is 15.9 Å². The van der Waals surface area contributed by atoms with Gasteiger partial charge in [-0.25, -0.2) is 8.42 Å². The average molecular weight is 352 g/mol. The molecular formula is C17H24N2O4S. The van der Waals surface area contributed by atoms with Gasteiger partial charge in [0.05, 0.1) is 17.5 Å². The summed E-state index contributed by atoms with van der Waals surface area (Å²) in [6.07, 6.45) is 3.42. The number of amides is 1. The fraction of sp³-hybridized carbons (Fsp3) is 0.588. The average Bonchev–Trinajstić information content (AvgIpc) is 2.73. The molecule has 0 bridgehead atoms. The van der Waals surface area contributed by atoms with Crippen LogP contribution in [0.1, 0.15) is 39.0 Å². The predicted octanol–water partition coefficient (Wildman–Crippen LogP) is 1.91. The molecule has 2 aliphatic heterocycles. The van der Waals surface area contributed by atoms with Gasteiger partial charge < -0.3 is 10.1 Å². The molecular weight excluding hydrogens is 328 g/mol. The van der Waals surface area contributed by atoms with E-state index in [-0.39, 0.29) is 16.8 Å². The summed E-state index contributed by atoms with van der Waals surface area (Å²) in [7, 11) is -2.12. The standard InChI is InChI=1S/C17H24N2O4S/c1-17-10-3-4-11-19(15(17)8-9-16(20)18-17)24(21,22)14-7-5-6-13(12-14)23-2/h5-7,12,15H,3-4,8-11H2,1-2H3,(H,18,20)/t15-,17-/m0/s1. The maximum atomic E-state index is 13.2. The van der Waals surface area contributed by atoms with Crippen molar-refractivity contribution in [1.29, 1.82) is 0 Å². The van der Waals surface area contributed by atoms with Crippen LogP contribution in [0.3, 0.4) is 0 Å². The highest BCUT2D eigenvalue weighted by Crippen LogP contribution is 2.36. The molecule has 132 valence electrons. The van der Waals surface area contributed by atoms with Crippen molar-refractivity contribution in [2.75, 3.05) is 13.7 Å². The molecule has 2 fully saturated rings. The summed E-state index contributed by atoms with van der Waals surface area (Å²) >= 11 is 0. The highest BCUT2D eigenvalue weighted by atomic mass is 32.2. The van der Waals surface area contributed by atoms with Gasteiger partial charge in [-0.3, -0.25) is 4.79 Å². The van der Waals surface area contributed by atoms with Gasteiger partial charge in [0.25, 0.3) is 0 Å². The van der Waals surface area contributed by atoms with Gasteiger partial charge in [0.2, 0.25) is 15.9 Å². The van der Waals surface area contributed by atoms with Gasteiger partial charge in [-0.2, -0.15) is 4.31 Å². The number of ether oxygens (including phenoxy) is 1. The summed E-state index contributed by atoms with van der Waals surface area (Å²) in [6, 6.07) is 6.35. The Labute approximate surface area is 143 Å². The first-order valence-electron chi connectivity index (χ1n) is 8.34. The second-order valence-electron chi connectivity index (χ2n) is 6.77. The molecule has 1 N–H and O–H groups in total. The fourth-order valence-corrected chi connectivity index (χ4v) is 5.67. The Morgan fingerprint density at radius 1 is 1.33 bits per heavy atom. The zero-order chi connectivity index (χ0) is 17.4. The summed E-state index contributed by atoms with van der Waals surface area (Å²) < 4.78 is 33.2. The Morgan fingerprint density at radius 2 is 2.12 bits per heavy atom. The number of rotatable bonds is 3.